The average Bonchev–Trinajstić information content (AvgIpc) is 3.52. The second kappa shape index (κ2) is 20.7. The Morgan fingerprint density at radius 3 is 1.56 bits per heavy atom. The molecule has 1 saturated heterocycles. The van der Waals surface area contributed by atoms with Crippen LogP contribution >= 0.6 is 0 Å². The molecule has 0 radical (unpaired) electrons. The van der Waals surface area contributed by atoms with E-state index in [1.165, 1.54) is 0 Å². The molecule has 0 saturated carbocycles. The lowest BCUT2D eigenvalue weighted by Gasteiger charge is -2.38. The lowest BCUT2D eigenvalue weighted by molar-refractivity contribution is -0.193. The third kappa shape index (κ3) is 17.5. The van der Waals surface area contributed by atoms with Crippen LogP contribution in [0.15, 0.2) is 67.3 Å². The van der Waals surface area contributed by atoms with Crippen molar-refractivity contribution in [2.75, 3.05) is 26.7 Å². The van der Waals surface area contributed by atoms with Gasteiger partial charge in [0.15, 0.2) is 0 Å². The molecule has 1 aliphatic heterocycles. The highest BCUT2D eigenvalue weighted by atomic mass is 19.4. The van der Waals surface area contributed by atoms with E-state index in [1.807, 2.05) is 41.2 Å². The van der Waals surface area contributed by atoms with E-state index in [0.29, 0.717) is 0 Å². The van der Waals surface area contributed by atoms with E-state index < -0.39 is 48.6 Å². The van der Waals surface area contributed by atoms with Crippen LogP contribution in [0.1, 0.15) is 17.4 Å². The number of carbonyl (C=O) groups is 4. The fourth-order valence-corrected chi connectivity index (χ4v) is 3.96. The molecule has 0 spiro atoms. The van der Waals surface area contributed by atoms with Gasteiger partial charge in [-0.05, 0) is 42.9 Å². The molecule has 15 nitrogen and oxygen atoms in total. The van der Waals surface area contributed by atoms with Gasteiger partial charge in [0.1, 0.15) is 5.69 Å². The van der Waals surface area contributed by atoms with Crippen molar-refractivity contribution in [1.29, 1.82) is 0 Å². The Kier molecular flexibility index (Phi) is 17.8. The van der Waals surface area contributed by atoms with Gasteiger partial charge in [0.25, 0.3) is 0 Å². The zero-order valence-electron chi connectivity index (χ0n) is 28.3. The van der Waals surface area contributed by atoms with Gasteiger partial charge in [-0.15, -0.1) is 5.10 Å². The maximum atomic E-state index is 10.6. The Morgan fingerprint density at radius 1 is 0.667 bits per heavy atom. The third-order valence-corrected chi connectivity index (χ3v) is 6.58. The van der Waals surface area contributed by atoms with Crippen LogP contribution in [-0.2, 0) is 25.7 Å². The van der Waals surface area contributed by atoms with Crippen molar-refractivity contribution in [2.24, 2.45) is 0 Å². The average molecular weight is 842 g/mol. The van der Waals surface area contributed by atoms with Crippen LogP contribution < -0.4 is 0 Å². The molecule has 1 fully saturated rings. The van der Waals surface area contributed by atoms with Gasteiger partial charge in [-0.25, -0.2) is 23.7 Å². The lowest BCUT2D eigenvalue weighted by Crippen LogP contribution is -2.46. The minimum Gasteiger partial charge on any atom is -0.475 e. The first-order valence-electron chi connectivity index (χ1n) is 14.8. The molecule has 1 atom stereocenters. The quantitative estimate of drug-likeness (QED) is 0.195. The van der Waals surface area contributed by atoms with Crippen LogP contribution in [-0.4, -0.2) is 130 Å². The Bertz CT molecular complexity index is 1810. The van der Waals surface area contributed by atoms with Gasteiger partial charge in [-0.2, -0.15) is 52.7 Å². The van der Waals surface area contributed by atoms with Crippen LogP contribution in [0, 0.1) is 0 Å². The van der Waals surface area contributed by atoms with E-state index in [0.717, 1.165) is 54.2 Å². The van der Waals surface area contributed by atoms with Crippen LogP contribution in [0.3, 0.4) is 0 Å². The summed E-state index contributed by atoms with van der Waals surface area (Å²) in [7, 11) is 2.17. The molecular weight excluding hydrogens is 814 g/mol. The predicted molar refractivity (Wildman–Crippen MR) is 166 cm³/mol. The van der Waals surface area contributed by atoms with Gasteiger partial charge >= 0.3 is 48.6 Å². The van der Waals surface area contributed by atoms with Gasteiger partial charge in [0, 0.05) is 56.5 Å². The predicted octanol–water partition coefficient (Wildman–Crippen LogP) is 5.21. The SMILES string of the molecule is CN1CCN(Cc2ccccn2)CC1c1nnn2cc(-c3ccncc3)ccc12.O=C(O)C(F)(F)F.O=C(O)C(F)(F)F.O=C(O)C(F)(F)F.O=C(O)C(F)(F)F. The van der Waals surface area contributed by atoms with Crippen molar-refractivity contribution in [3.8, 4) is 11.1 Å². The summed E-state index contributed by atoms with van der Waals surface area (Å²) in [6.07, 6.45) is -12.8. The molecule has 4 aromatic heterocycles. The summed E-state index contributed by atoms with van der Waals surface area (Å²) in [5.74, 6) is -11.0. The molecule has 1 unspecified atom stereocenters. The van der Waals surface area contributed by atoms with Crippen LogP contribution in [0.25, 0.3) is 16.6 Å². The molecule has 314 valence electrons. The molecule has 1 aliphatic rings. The van der Waals surface area contributed by atoms with Gasteiger partial charge in [0.05, 0.1) is 17.3 Å². The first-order valence-corrected chi connectivity index (χ1v) is 14.8. The van der Waals surface area contributed by atoms with E-state index in [1.54, 1.807) is 12.4 Å². The first kappa shape index (κ1) is 48.9. The van der Waals surface area contributed by atoms with Crippen molar-refractivity contribution in [3.63, 3.8) is 0 Å². The number of aromatic nitrogens is 5. The molecule has 27 heteroatoms. The summed E-state index contributed by atoms with van der Waals surface area (Å²) in [5, 5.41) is 37.5. The fraction of sp³-hybridized carbons (Fsp3) is 0.333. The van der Waals surface area contributed by atoms with Crippen molar-refractivity contribution < 1.29 is 92.3 Å². The second-order valence-corrected chi connectivity index (χ2v) is 10.7. The largest absolute Gasteiger partial charge is 0.490 e. The molecular formula is C30H27F12N7O8. The van der Waals surface area contributed by atoms with Crippen molar-refractivity contribution in [2.45, 2.75) is 37.3 Å². The number of fused-ring (bicyclic) bond motifs is 1. The zero-order valence-corrected chi connectivity index (χ0v) is 28.3. The summed E-state index contributed by atoms with van der Waals surface area (Å²) in [6, 6.07) is 14.6. The summed E-state index contributed by atoms with van der Waals surface area (Å²) in [6.45, 7) is 3.78. The number of piperazine rings is 1. The molecule has 4 N–H and O–H groups in total. The topological polar surface area (TPSA) is 212 Å². The normalized spacial score (nSPS) is 14.9. The molecule has 0 amide bonds. The minimum absolute atomic E-state index is 0.205. The highest BCUT2D eigenvalue weighted by Gasteiger charge is 2.40. The van der Waals surface area contributed by atoms with Crippen LogP contribution in [0.5, 0.6) is 0 Å². The first-order chi connectivity index (χ1) is 26.0. The van der Waals surface area contributed by atoms with Crippen molar-refractivity contribution >= 4 is 29.4 Å². The molecule has 0 aromatic carbocycles. The molecule has 5 heterocycles. The number of hydrogen-bond acceptors (Lipinski definition) is 10. The summed E-state index contributed by atoms with van der Waals surface area (Å²) in [5.41, 5.74) is 5.41. The Balaban J connectivity index is 0.000000473. The highest BCUT2D eigenvalue weighted by molar-refractivity contribution is 5.74. The van der Waals surface area contributed by atoms with Gasteiger partial charge in [-0.1, -0.05) is 17.3 Å². The van der Waals surface area contributed by atoms with E-state index in [9.17, 15) is 52.7 Å². The lowest BCUT2D eigenvalue weighted by atomic mass is 10.1. The number of rotatable bonds is 4. The molecule has 0 bridgehead atoms. The number of carboxylic acids is 4. The summed E-state index contributed by atoms with van der Waals surface area (Å²) >= 11 is 0. The maximum Gasteiger partial charge on any atom is 0.490 e. The monoisotopic (exact) mass is 841 g/mol. The number of alkyl halides is 12. The third-order valence-electron chi connectivity index (χ3n) is 6.58. The molecule has 57 heavy (non-hydrogen) atoms. The Labute approximate surface area is 310 Å². The number of hydrogen-bond donors (Lipinski definition) is 4. The number of nitrogens with zero attached hydrogens (tertiary/aromatic N) is 7. The zero-order chi connectivity index (χ0) is 43.9. The number of likely N-dealkylation sites (N-methyl/N-ethyl adjacent to an activating group) is 1. The number of halogens is 12. The second-order valence-electron chi connectivity index (χ2n) is 10.7. The molecule has 5 rings (SSSR count). The minimum atomic E-state index is -5.08. The van der Waals surface area contributed by atoms with E-state index in [-0.39, 0.29) is 6.04 Å². The Hall–Kier alpha value is -6.12. The van der Waals surface area contributed by atoms with Gasteiger partial charge in [0.2, 0.25) is 0 Å². The van der Waals surface area contributed by atoms with Crippen LogP contribution in [0.2, 0.25) is 0 Å². The number of carboxylic acid groups (broad SMARTS) is 4. The van der Waals surface area contributed by atoms with Crippen LogP contribution in [0.4, 0.5) is 52.7 Å². The van der Waals surface area contributed by atoms with E-state index in [2.05, 4.69) is 55.3 Å². The summed E-state index contributed by atoms with van der Waals surface area (Å²) in [4.78, 5) is 49.0. The van der Waals surface area contributed by atoms with Crippen molar-refractivity contribution in [3.05, 3.63) is 78.6 Å². The smallest absolute Gasteiger partial charge is 0.475 e. The van der Waals surface area contributed by atoms with E-state index in [4.69, 9.17) is 39.6 Å². The number of pyridine rings is 3. The van der Waals surface area contributed by atoms with Gasteiger partial charge < -0.3 is 20.4 Å². The van der Waals surface area contributed by atoms with Gasteiger partial charge in [-0.3, -0.25) is 19.8 Å². The fourth-order valence-electron chi connectivity index (χ4n) is 3.96. The molecule has 0 aliphatic carbocycles. The highest BCUT2D eigenvalue weighted by Crippen LogP contribution is 2.28. The number of aliphatic carboxylic acids is 4. The standard InChI is InChI=1S/C22H23N7.4C2HF3O2/c1-27-12-13-28(15-19-4-2-3-9-24-19)16-21(27)22-20-6-5-18(14-29(20)26-25-22)17-7-10-23-11-8-17;4*3-2(4,5)1(6)7/h2-11,14,21H,12-13,15-16H2,1H3;4*(H,6,7). The molecule has 4 aromatic rings. The Morgan fingerprint density at radius 2 is 1.14 bits per heavy atom. The summed E-state index contributed by atoms with van der Waals surface area (Å²) < 4.78 is 129. The van der Waals surface area contributed by atoms with Crippen molar-refractivity contribution in [1.82, 2.24) is 34.6 Å². The van der Waals surface area contributed by atoms with E-state index >= 15 is 0 Å². The maximum absolute atomic E-state index is 10.6.